The number of rotatable bonds is 7. The molecule has 1 saturated heterocycles. The van der Waals surface area contributed by atoms with E-state index < -0.39 is 0 Å². The molecule has 2 rings (SSSR count). The standard InChI is InChI=1S/C19H27N3O3/c1-14-12-22(13-16(14)21(2)3)19(23)6-5-9-25-17-8-7-15(11-20)10-18(17)24-4/h7-8,10,14,16H,5-6,9,12-13H2,1-4H3/t14-,16+/m0/s1. The van der Waals surface area contributed by atoms with Crippen molar-refractivity contribution in [2.45, 2.75) is 25.8 Å². The van der Waals surface area contributed by atoms with E-state index in [1.165, 1.54) is 0 Å². The van der Waals surface area contributed by atoms with Gasteiger partial charge in [-0.1, -0.05) is 6.92 Å². The van der Waals surface area contributed by atoms with Crippen LogP contribution in [0.5, 0.6) is 11.5 Å². The molecule has 0 N–H and O–H groups in total. The maximum Gasteiger partial charge on any atom is 0.222 e. The maximum atomic E-state index is 12.4. The lowest BCUT2D eigenvalue weighted by Gasteiger charge is -2.22. The molecule has 1 heterocycles. The molecule has 0 unspecified atom stereocenters. The summed E-state index contributed by atoms with van der Waals surface area (Å²) in [5.41, 5.74) is 0.526. The summed E-state index contributed by atoms with van der Waals surface area (Å²) >= 11 is 0. The van der Waals surface area contributed by atoms with Crippen molar-refractivity contribution in [2.24, 2.45) is 5.92 Å². The van der Waals surface area contributed by atoms with Crippen LogP contribution in [0, 0.1) is 17.2 Å². The summed E-state index contributed by atoms with van der Waals surface area (Å²) < 4.78 is 10.9. The van der Waals surface area contributed by atoms with Gasteiger partial charge in [0.25, 0.3) is 0 Å². The fourth-order valence-corrected chi connectivity index (χ4v) is 3.25. The van der Waals surface area contributed by atoms with Crippen LogP contribution >= 0.6 is 0 Å². The summed E-state index contributed by atoms with van der Waals surface area (Å²) in [6.07, 6.45) is 1.13. The largest absolute Gasteiger partial charge is 0.493 e. The van der Waals surface area contributed by atoms with E-state index in [1.54, 1.807) is 25.3 Å². The Balaban J connectivity index is 1.78. The highest BCUT2D eigenvalue weighted by Gasteiger charge is 2.33. The van der Waals surface area contributed by atoms with Crippen molar-refractivity contribution in [1.29, 1.82) is 5.26 Å². The first-order chi connectivity index (χ1) is 12.0. The van der Waals surface area contributed by atoms with E-state index in [1.807, 2.05) is 4.90 Å². The minimum atomic E-state index is 0.187. The Bertz CT molecular complexity index is 639. The van der Waals surface area contributed by atoms with Gasteiger partial charge in [-0.2, -0.15) is 5.26 Å². The lowest BCUT2D eigenvalue weighted by molar-refractivity contribution is -0.130. The van der Waals surface area contributed by atoms with E-state index in [2.05, 4.69) is 32.0 Å². The number of benzene rings is 1. The van der Waals surface area contributed by atoms with Crippen LogP contribution in [-0.4, -0.2) is 62.7 Å². The van der Waals surface area contributed by atoms with Crippen LogP contribution < -0.4 is 9.47 Å². The Morgan fingerprint density at radius 3 is 2.72 bits per heavy atom. The summed E-state index contributed by atoms with van der Waals surface area (Å²) in [4.78, 5) is 16.5. The highest BCUT2D eigenvalue weighted by molar-refractivity contribution is 5.76. The predicted octanol–water partition coefficient (Wildman–Crippen LogP) is 2.13. The number of amides is 1. The molecule has 136 valence electrons. The Kier molecular flexibility index (Phi) is 6.65. The quantitative estimate of drug-likeness (QED) is 0.708. The minimum Gasteiger partial charge on any atom is -0.493 e. The molecule has 1 amide bonds. The van der Waals surface area contributed by atoms with Crippen LogP contribution in [0.25, 0.3) is 0 Å². The van der Waals surface area contributed by atoms with Gasteiger partial charge in [-0.15, -0.1) is 0 Å². The fourth-order valence-electron chi connectivity index (χ4n) is 3.25. The molecule has 2 atom stereocenters. The molecule has 0 bridgehead atoms. The minimum absolute atomic E-state index is 0.187. The zero-order valence-corrected chi connectivity index (χ0v) is 15.5. The van der Waals surface area contributed by atoms with Crippen molar-refractivity contribution in [3.63, 3.8) is 0 Å². The number of likely N-dealkylation sites (tertiary alicyclic amines) is 1. The first-order valence-electron chi connectivity index (χ1n) is 8.61. The molecule has 25 heavy (non-hydrogen) atoms. The second-order valence-electron chi connectivity index (χ2n) is 6.74. The van der Waals surface area contributed by atoms with E-state index in [9.17, 15) is 4.79 Å². The molecule has 1 aromatic carbocycles. The van der Waals surface area contributed by atoms with E-state index in [4.69, 9.17) is 14.7 Å². The molecule has 0 aliphatic carbocycles. The Morgan fingerprint density at radius 1 is 1.36 bits per heavy atom. The molecule has 0 aromatic heterocycles. The van der Waals surface area contributed by atoms with Crippen molar-refractivity contribution in [3.8, 4) is 17.6 Å². The maximum absolute atomic E-state index is 12.4. The SMILES string of the molecule is COc1cc(C#N)ccc1OCCCC(=O)N1C[C@@H](N(C)C)[C@@H](C)C1. The number of nitriles is 1. The second kappa shape index (κ2) is 8.72. The molecule has 0 spiro atoms. The average Bonchev–Trinajstić information content (AvgIpc) is 3.00. The number of methoxy groups -OCH3 is 1. The van der Waals surface area contributed by atoms with Gasteiger partial charge >= 0.3 is 0 Å². The average molecular weight is 345 g/mol. The Hall–Kier alpha value is -2.26. The first kappa shape index (κ1) is 19.1. The van der Waals surface area contributed by atoms with Gasteiger partial charge in [-0.05, 0) is 38.6 Å². The molecule has 0 saturated carbocycles. The Morgan fingerprint density at radius 2 is 2.12 bits per heavy atom. The molecule has 1 aromatic rings. The van der Waals surface area contributed by atoms with E-state index >= 15 is 0 Å². The molecular formula is C19H27N3O3. The number of likely N-dealkylation sites (N-methyl/N-ethyl adjacent to an activating group) is 1. The third-order valence-corrected chi connectivity index (χ3v) is 4.67. The molecule has 1 aliphatic rings. The Labute approximate surface area is 149 Å². The molecule has 1 aliphatic heterocycles. The van der Waals surface area contributed by atoms with E-state index in [0.29, 0.717) is 48.5 Å². The predicted molar refractivity (Wildman–Crippen MR) is 95.7 cm³/mol. The van der Waals surface area contributed by atoms with Gasteiger partial charge in [0.2, 0.25) is 5.91 Å². The highest BCUT2D eigenvalue weighted by atomic mass is 16.5. The number of hydrogen-bond acceptors (Lipinski definition) is 5. The fraction of sp³-hybridized carbons (Fsp3) is 0.579. The van der Waals surface area contributed by atoms with Crippen molar-refractivity contribution < 1.29 is 14.3 Å². The van der Waals surface area contributed by atoms with Gasteiger partial charge in [0.05, 0.1) is 25.3 Å². The number of carbonyl (C=O) groups excluding carboxylic acids is 1. The smallest absolute Gasteiger partial charge is 0.222 e. The zero-order valence-electron chi connectivity index (χ0n) is 15.5. The van der Waals surface area contributed by atoms with Crippen molar-refractivity contribution in [2.75, 3.05) is 40.9 Å². The number of nitrogens with zero attached hydrogens (tertiary/aromatic N) is 3. The topological polar surface area (TPSA) is 65.8 Å². The molecule has 0 radical (unpaired) electrons. The lowest BCUT2D eigenvalue weighted by Crippen LogP contribution is -2.35. The van der Waals surface area contributed by atoms with Gasteiger partial charge in [-0.25, -0.2) is 0 Å². The third-order valence-electron chi connectivity index (χ3n) is 4.67. The third kappa shape index (κ3) is 4.86. The highest BCUT2D eigenvalue weighted by Crippen LogP contribution is 2.28. The summed E-state index contributed by atoms with van der Waals surface area (Å²) in [6, 6.07) is 7.56. The second-order valence-corrected chi connectivity index (χ2v) is 6.74. The zero-order chi connectivity index (χ0) is 18.4. The number of hydrogen-bond donors (Lipinski definition) is 0. The molecule has 6 nitrogen and oxygen atoms in total. The normalized spacial score (nSPS) is 19.8. The molecule has 6 heteroatoms. The summed E-state index contributed by atoms with van der Waals surface area (Å²) in [6.45, 7) is 4.26. The summed E-state index contributed by atoms with van der Waals surface area (Å²) in [7, 11) is 5.67. The monoisotopic (exact) mass is 345 g/mol. The van der Waals surface area contributed by atoms with Crippen molar-refractivity contribution >= 4 is 5.91 Å². The van der Waals surface area contributed by atoms with Gasteiger partial charge in [0.1, 0.15) is 0 Å². The van der Waals surface area contributed by atoms with E-state index in [-0.39, 0.29) is 5.91 Å². The number of ether oxygens (including phenoxy) is 2. The van der Waals surface area contributed by atoms with Gasteiger partial charge in [0, 0.05) is 31.6 Å². The van der Waals surface area contributed by atoms with Crippen LogP contribution in [0.4, 0.5) is 0 Å². The van der Waals surface area contributed by atoms with Crippen molar-refractivity contribution in [1.82, 2.24) is 9.80 Å². The number of carbonyl (C=O) groups is 1. The lowest BCUT2D eigenvalue weighted by atomic mass is 10.1. The van der Waals surface area contributed by atoms with Crippen LogP contribution in [0.3, 0.4) is 0 Å². The van der Waals surface area contributed by atoms with Crippen LogP contribution in [0.1, 0.15) is 25.3 Å². The van der Waals surface area contributed by atoms with Crippen LogP contribution in [0.2, 0.25) is 0 Å². The summed E-state index contributed by atoms with van der Waals surface area (Å²) in [5, 5.41) is 8.91. The van der Waals surface area contributed by atoms with E-state index in [0.717, 1.165) is 13.1 Å². The first-order valence-corrected chi connectivity index (χ1v) is 8.61. The molecule has 1 fully saturated rings. The van der Waals surface area contributed by atoms with Gasteiger partial charge < -0.3 is 19.3 Å². The molecular weight excluding hydrogens is 318 g/mol. The van der Waals surface area contributed by atoms with Crippen LogP contribution in [-0.2, 0) is 4.79 Å². The van der Waals surface area contributed by atoms with Crippen molar-refractivity contribution in [3.05, 3.63) is 23.8 Å². The van der Waals surface area contributed by atoms with Gasteiger partial charge in [-0.3, -0.25) is 4.79 Å². The van der Waals surface area contributed by atoms with Gasteiger partial charge in [0.15, 0.2) is 11.5 Å². The van der Waals surface area contributed by atoms with Crippen LogP contribution in [0.15, 0.2) is 18.2 Å². The summed E-state index contributed by atoms with van der Waals surface area (Å²) in [5.74, 6) is 1.81.